The smallest absolute Gasteiger partial charge is 0.540 e. The van der Waals surface area contributed by atoms with Crippen LogP contribution in [-0.4, -0.2) is 56.9 Å². The van der Waals surface area contributed by atoms with E-state index in [1.807, 2.05) is 73.1 Å². The molecule has 10 aromatic carbocycles. The van der Waals surface area contributed by atoms with Gasteiger partial charge < -0.3 is 39.6 Å². The van der Waals surface area contributed by atoms with Gasteiger partial charge in [0.2, 0.25) is 0 Å². The molecule has 14 heteroatoms. The van der Waals surface area contributed by atoms with E-state index >= 15 is 0 Å². The summed E-state index contributed by atoms with van der Waals surface area (Å²) in [7, 11) is 3.41. The molecule has 2 aliphatic carbocycles. The zero-order valence-corrected chi connectivity index (χ0v) is 72.7. The SMILES string of the molecule is CC1(C)c2ccccc2-c2cccc(-c3c[c-]c(-c4cc(CS)ccn4)c(CO)c3)c21.COc1cc(-c2c(C)cccc2C)c[c-]c1-c1cc(SC)ccn1.COc1cc(-c2cccc3c2C(C)(C)c2ccccc2-3)c[c-]c1-c1cc(SC)ccn1.Cc1cccc(C)c1-c1c[c-]c(-c2cc(CS)ccn2)c(CO)c1.[Pt+2].[Pt+2]. The molecule has 112 heavy (non-hydrogen) atoms. The maximum absolute atomic E-state index is 10.2. The normalized spacial score (nSPS) is 12.1. The van der Waals surface area contributed by atoms with E-state index in [0.29, 0.717) is 11.5 Å². The molecule has 0 saturated heterocycles. The van der Waals surface area contributed by atoms with Crippen LogP contribution in [0.25, 0.3) is 112 Å². The van der Waals surface area contributed by atoms with E-state index in [0.717, 1.165) is 101 Å². The van der Waals surface area contributed by atoms with Crippen molar-refractivity contribution in [1.29, 1.82) is 0 Å². The molecular weight excluding hydrogens is 1820 g/mol. The van der Waals surface area contributed by atoms with Gasteiger partial charge >= 0.3 is 42.1 Å². The van der Waals surface area contributed by atoms with Crippen molar-refractivity contribution in [2.45, 2.75) is 101 Å². The number of fused-ring (bicyclic) bond motifs is 6. The number of aliphatic hydroxyl groups is 2. The van der Waals surface area contributed by atoms with E-state index in [1.165, 1.54) is 98.8 Å². The summed E-state index contributed by atoms with van der Waals surface area (Å²) in [5, 5.41) is 20.0. The Bertz CT molecular complexity index is 5340. The Morgan fingerprint density at radius 3 is 1.09 bits per heavy atom. The average Bonchev–Trinajstić information content (AvgIpc) is 1.58. The molecule has 14 aromatic rings. The molecule has 0 fully saturated rings. The van der Waals surface area contributed by atoms with Crippen LogP contribution in [0.4, 0.5) is 0 Å². The number of hydrogen-bond acceptors (Lipinski definition) is 12. The quantitative estimate of drug-likeness (QED) is 0.0424. The molecule has 0 unspecified atom stereocenters. The fourth-order valence-corrected chi connectivity index (χ4v) is 16.8. The third-order valence-electron chi connectivity index (χ3n) is 20.9. The molecule has 16 rings (SSSR count). The summed E-state index contributed by atoms with van der Waals surface area (Å²) in [4.78, 5) is 20.3. The number of nitrogens with zero attached hydrogens (tertiary/aromatic N) is 4. The number of aromatic nitrogens is 4. The van der Waals surface area contributed by atoms with Gasteiger partial charge in [0, 0.05) is 81.6 Å². The van der Waals surface area contributed by atoms with Crippen molar-refractivity contribution in [3.63, 3.8) is 0 Å². The number of aryl methyl sites for hydroxylation is 4. The minimum absolute atomic E-state index is 0. The van der Waals surface area contributed by atoms with Gasteiger partial charge in [0.25, 0.3) is 0 Å². The van der Waals surface area contributed by atoms with Crippen LogP contribution in [0.5, 0.6) is 11.5 Å². The van der Waals surface area contributed by atoms with Crippen molar-refractivity contribution >= 4 is 48.8 Å². The zero-order valence-electron chi connectivity index (χ0n) is 64.8. The fourth-order valence-electron chi connectivity index (χ4n) is 15.6. The molecule has 0 spiro atoms. The Labute approximate surface area is 709 Å². The van der Waals surface area contributed by atoms with E-state index in [1.54, 1.807) is 50.1 Å². The van der Waals surface area contributed by atoms with Crippen molar-refractivity contribution in [3.05, 3.63) is 334 Å². The third kappa shape index (κ3) is 17.4. The zero-order chi connectivity index (χ0) is 77.4. The molecule has 0 amide bonds. The summed E-state index contributed by atoms with van der Waals surface area (Å²) >= 11 is 12.1. The first-order valence-electron chi connectivity index (χ1n) is 36.6. The monoisotopic (exact) mass is 1900 g/mol. The number of rotatable bonds is 16. The van der Waals surface area contributed by atoms with Crippen molar-refractivity contribution in [2.24, 2.45) is 0 Å². The first-order valence-corrected chi connectivity index (χ1v) is 40.3. The van der Waals surface area contributed by atoms with E-state index in [9.17, 15) is 10.2 Å². The predicted molar refractivity (Wildman–Crippen MR) is 464 cm³/mol. The van der Waals surface area contributed by atoms with Crippen LogP contribution < -0.4 is 9.47 Å². The number of thioether (sulfide) groups is 2. The Balaban J connectivity index is 0.000000148. The summed E-state index contributed by atoms with van der Waals surface area (Å²) in [5.41, 5.74) is 35.4. The summed E-state index contributed by atoms with van der Waals surface area (Å²) < 4.78 is 11.4. The van der Waals surface area contributed by atoms with Gasteiger partial charge in [-0.05, 0) is 143 Å². The van der Waals surface area contributed by atoms with Gasteiger partial charge in [0.15, 0.2) is 0 Å². The Kier molecular flexibility index (Phi) is 28.0. The fraction of sp³-hybridized carbons (Fsp3) is 0.184. The van der Waals surface area contributed by atoms with Gasteiger partial charge in [-0.1, -0.05) is 263 Å². The molecule has 2 aliphatic rings. The van der Waals surface area contributed by atoms with Crippen LogP contribution in [0, 0.1) is 52.0 Å². The number of methoxy groups -OCH3 is 2. The summed E-state index contributed by atoms with van der Waals surface area (Å²) in [5.74, 6) is 2.88. The van der Waals surface area contributed by atoms with Crippen molar-refractivity contribution < 1.29 is 61.8 Å². The van der Waals surface area contributed by atoms with E-state index in [-0.39, 0.29) is 66.2 Å². The van der Waals surface area contributed by atoms with Gasteiger partial charge in [-0.25, -0.2) is 0 Å². The number of ether oxygens (including phenoxy) is 2. The number of pyridine rings is 4. The molecule has 4 aromatic heterocycles. The minimum Gasteiger partial charge on any atom is -0.540 e. The van der Waals surface area contributed by atoms with Crippen LogP contribution in [0.3, 0.4) is 0 Å². The minimum atomic E-state index is -0.0942. The molecule has 568 valence electrons. The maximum atomic E-state index is 10.2. The van der Waals surface area contributed by atoms with Crippen LogP contribution in [0.2, 0.25) is 0 Å². The van der Waals surface area contributed by atoms with E-state index < -0.39 is 0 Å². The summed E-state index contributed by atoms with van der Waals surface area (Å²) in [6.07, 6.45) is 11.4. The molecule has 0 aliphatic heterocycles. The van der Waals surface area contributed by atoms with Gasteiger partial charge in [-0.3, -0.25) is 0 Å². The topological polar surface area (TPSA) is 110 Å². The second kappa shape index (κ2) is 37.4. The van der Waals surface area contributed by atoms with Crippen LogP contribution >= 0.6 is 48.8 Å². The van der Waals surface area contributed by atoms with Crippen LogP contribution in [0.15, 0.2) is 253 Å². The maximum Gasteiger partial charge on any atom is 2.00 e. The molecule has 2 N–H and O–H groups in total. The average molecular weight is 1900 g/mol. The first kappa shape index (κ1) is 84.0. The van der Waals surface area contributed by atoms with E-state index in [2.05, 4.69) is 295 Å². The Hall–Kier alpha value is -8.90. The molecule has 8 nitrogen and oxygen atoms in total. The van der Waals surface area contributed by atoms with Gasteiger partial charge in [-0.15, -0.1) is 106 Å². The first-order chi connectivity index (χ1) is 53.3. The van der Waals surface area contributed by atoms with Gasteiger partial charge in [0.1, 0.15) is 0 Å². The molecule has 0 radical (unpaired) electrons. The third-order valence-corrected chi connectivity index (χ3v) is 23.1. The number of thiol groups is 2. The Morgan fingerprint density at radius 2 is 0.696 bits per heavy atom. The molecule has 0 atom stereocenters. The second-order valence-corrected chi connectivity index (χ2v) is 30.9. The molecule has 4 heterocycles. The number of hydrogen-bond donors (Lipinski definition) is 4. The van der Waals surface area contributed by atoms with Crippen LogP contribution in [0.1, 0.15) is 94.5 Å². The van der Waals surface area contributed by atoms with Gasteiger partial charge in [-0.2, -0.15) is 25.3 Å². The number of aliphatic hydroxyl groups excluding tert-OH is 2. The van der Waals surface area contributed by atoms with Crippen molar-refractivity contribution in [1.82, 2.24) is 19.9 Å². The number of benzene rings is 10. The van der Waals surface area contributed by atoms with Gasteiger partial charge in [0.05, 0.1) is 14.2 Å². The summed E-state index contributed by atoms with van der Waals surface area (Å²) in [6, 6.07) is 89.2. The van der Waals surface area contributed by atoms with Crippen molar-refractivity contribution in [2.75, 3.05) is 26.7 Å². The standard InChI is InChI=1S/2C28H24NOS.2C21H20NOS.2Pt/c1-28(2)24-11-6-5-8-21(24)22-10-7-9-20(27(22)28)18-12-13-23(26(16-18)30-3)25-17-19(31-4)14-15-29-25;1-28(2)25-9-4-3-6-23(25)24-8-5-7-22(27(24)28)19-10-11-21(20(15-19)16-30)26-14-18(17-31)12-13-29-26;1-14-6-5-7-15(2)21(14)16-8-9-18(20(12-16)23-3)19-13-17(24-4)10-11-22-19;1-14-4-3-5-15(2)21(14)17-6-7-19(18(11-17)12-23)20-10-16(13-24)8-9-22-20;;/h5-12,14-17H,1-4H3;3-10,12-15,30-31H,16-17H2,1-2H3;5-8,10-13H,1-4H3;3-6,8-11,23-24H,12-13H2,1-2H3;;/q4*-1;2*+2. The van der Waals surface area contributed by atoms with Crippen LogP contribution in [-0.2, 0) is 77.7 Å². The second-order valence-electron chi connectivity index (χ2n) is 28.5. The predicted octanol–water partition coefficient (Wildman–Crippen LogP) is 24.0. The van der Waals surface area contributed by atoms with Crippen molar-refractivity contribution in [3.8, 4) is 123 Å². The Morgan fingerprint density at radius 1 is 0.375 bits per heavy atom. The largest absolute Gasteiger partial charge is 2.00 e. The molecular formula is C98H88N4O4Pt2S4. The van der Waals surface area contributed by atoms with E-state index in [4.69, 9.17) is 9.47 Å². The molecule has 0 bridgehead atoms. The summed E-state index contributed by atoms with van der Waals surface area (Å²) in [6.45, 7) is 17.6. The molecule has 0 saturated carbocycles.